The Kier molecular flexibility index (Phi) is 6.41. The molecule has 0 aliphatic heterocycles. The first-order valence-electron chi connectivity index (χ1n) is 6.58. The fourth-order valence-electron chi connectivity index (χ4n) is 1.77. The van der Waals surface area contributed by atoms with Crippen molar-refractivity contribution in [1.82, 2.24) is 25.1 Å². The van der Waals surface area contributed by atoms with Crippen molar-refractivity contribution in [3.63, 3.8) is 0 Å². The van der Waals surface area contributed by atoms with Crippen molar-refractivity contribution >= 4 is 40.6 Å². The number of tetrazole rings is 1. The molecular formula is C13H16ClN5OS2. The summed E-state index contributed by atoms with van der Waals surface area (Å²) in [5, 5.41) is 11.9. The zero-order valence-electron chi connectivity index (χ0n) is 12.1. The second-order valence-electron chi connectivity index (χ2n) is 4.45. The van der Waals surface area contributed by atoms with Crippen molar-refractivity contribution in [2.45, 2.75) is 18.1 Å². The van der Waals surface area contributed by atoms with Gasteiger partial charge in [0.2, 0.25) is 11.1 Å². The van der Waals surface area contributed by atoms with Gasteiger partial charge in [-0.3, -0.25) is 4.79 Å². The number of thiophene rings is 1. The number of hydrogen-bond donors (Lipinski definition) is 0. The van der Waals surface area contributed by atoms with Crippen LogP contribution < -0.4 is 0 Å². The van der Waals surface area contributed by atoms with E-state index in [1.54, 1.807) is 22.7 Å². The summed E-state index contributed by atoms with van der Waals surface area (Å²) in [6.45, 7) is 4.78. The smallest absolute Gasteiger partial charge is 0.224 e. The van der Waals surface area contributed by atoms with Crippen LogP contribution in [0.1, 0.15) is 11.3 Å². The molecule has 0 saturated heterocycles. The number of halogens is 1. The highest BCUT2D eigenvalue weighted by molar-refractivity contribution is 7.99. The first kappa shape index (κ1) is 17.0. The van der Waals surface area contributed by atoms with Gasteiger partial charge in [0.1, 0.15) is 0 Å². The summed E-state index contributed by atoms with van der Waals surface area (Å²) in [7, 11) is 1.77. The average molecular weight is 358 g/mol. The molecule has 2 rings (SSSR count). The molecule has 0 bridgehead atoms. The minimum absolute atomic E-state index is 0.0760. The molecule has 6 nitrogen and oxygen atoms in total. The van der Waals surface area contributed by atoms with Crippen molar-refractivity contribution in [3.05, 3.63) is 34.0 Å². The summed E-state index contributed by atoms with van der Waals surface area (Å²) in [4.78, 5) is 15.2. The Hall–Kier alpha value is -1.38. The quantitative estimate of drug-likeness (QED) is 0.536. The lowest BCUT2D eigenvalue weighted by molar-refractivity contribution is -0.130. The molecule has 0 fully saturated rings. The monoisotopic (exact) mass is 357 g/mol. The van der Waals surface area contributed by atoms with E-state index in [1.807, 2.05) is 12.1 Å². The molecule has 0 unspecified atom stereocenters. The third-order valence-electron chi connectivity index (χ3n) is 2.81. The molecule has 0 aliphatic carbocycles. The van der Waals surface area contributed by atoms with Crippen LogP contribution in [-0.2, 0) is 18.4 Å². The average Bonchev–Trinajstić information content (AvgIpc) is 3.07. The van der Waals surface area contributed by atoms with E-state index < -0.39 is 0 Å². The van der Waals surface area contributed by atoms with Gasteiger partial charge in [0.25, 0.3) is 0 Å². The van der Waals surface area contributed by atoms with Gasteiger partial charge >= 0.3 is 0 Å². The first-order valence-corrected chi connectivity index (χ1v) is 8.76. The fourth-order valence-corrected chi connectivity index (χ4v) is 3.65. The Morgan fingerprint density at radius 1 is 1.59 bits per heavy atom. The van der Waals surface area contributed by atoms with Crippen LogP contribution in [0.5, 0.6) is 0 Å². The standard InChI is InChI=1S/C13H16ClN5OS2/c1-3-7-19(9-10-4-5-11(14)22-10)12(20)6-8-21-13-15-16-17-18(13)2/h3-5H,1,6-9H2,2H3. The van der Waals surface area contributed by atoms with E-state index in [4.69, 9.17) is 11.6 Å². The van der Waals surface area contributed by atoms with E-state index >= 15 is 0 Å². The van der Waals surface area contributed by atoms with Gasteiger partial charge in [0.15, 0.2) is 0 Å². The zero-order chi connectivity index (χ0) is 15.9. The van der Waals surface area contributed by atoms with Gasteiger partial charge in [-0.25, -0.2) is 4.68 Å². The number of carbonyl (C=O) groups is 1. The molecule has 0 atom stereocenters. The number of aryl methyl sites for hydroxylation is 1. The van der Waals surface area contributed by atoms with Crippen LogP contribution >= 0.6 is 34.7 Å². The van der Waals surface area contributed by atoms with Crippen LogP contribution in [0.15, 0.2) is 29.9 Å². The van der Waals surface area contributed by atoms with Crippen LogP contribution in [0, 0.1) is 0 Å². The maximum absolute atomic E-state index is 12.3. The second kappa shape index (κ2) is 8.30. The van der Waals surface area contributed by atoms with Gasteiger partial charge in [-0.05, 0) is 22.6 Å². The van der Waals surface area contributed by atoms with Crippen molar-refractivity contribution < 1.29 is 4.79 Å². The van der Waals surface area contributed by atoms with Crippen LogP contribution in [-0.4, -0.2) is 43.3 Å². The Morgan fingerprint density at radius 3 is 3.00 bits per heavy atom. The van der Waals surface area contributed by atoms with E-state index in [9.17, 15) is 4.79 Å². The van der Waals surface area contributed by atoms with Crippen LogP contribution in [0.2, 0.25) is 4.34 Å². The van der Waals surface area contributed by atoms with Gasteiger partial charge < -0.3 is 4.90 Å². The predicted molar refractivity (Wildman–Crippen MR) is 89.1 cm³/mol. The maximum atomic E-state index is 12.3. The number of amides is 1. The lowest BCUT2D eigenvalue weighted by Gasteiger charge is -2.20. The van der Waals surface area contributed by atoms with Gasteiger partial charge in [0, 0.05) is 30.6 Å². The highest BCUT2D eigenvalue weighted by atomic mass is 35.5. The maximum Gasteiger partial charge on any atom is 0.224 e. The molecule has 0 aliphatic rings. The molecule has 0 radical (unpaired) electrons. The van der Waals surface area contributed by atoms with Crippen molar-refractivity contribution in [2.24, 2.45) is 7.05 Å². The molecule has 2 aromatic heterocycles. The Balaban J connectivity index is 1.86. The zero-order valence-corrected chi connectivity index (χ0v) is 14.5. The molecule has 0 N–H and O–H groups in total. The minimum Gasteiger partial charge on any atom is -0.334 e. The number of hydrogen-bond acceptors (Lipinski definition) is 6. The summed E-state index contributed by atoms with van der Waals surface area (Å²) in [5.74, 6) is 0.707. The van der Waals surface area contributed by atoms with Gasteiger partial charge in [-0.15, -0.1) is 23.0 Å². The first-order chi connectivity index (χ1) is 10.6. The SMILES string of the molecule is C=CCN(Cc1ccc(Cl)s1)C(=O)CCSc1nnnn1C. The molecule has 0 spiro atoms. The normalized spacial score (nSPS) is 10.6. The highest BCUT2D eigenvalue weighted by Crippen LogP contribution is 2.23. The molecule has 0 saturated carbocycles. The summed E-state index contributed by atoms with van der Waals surface area (Å²) < 4.78 is 2.32. The third-order valence-corrected chi connectivity index (χ3v) is 5.03. The lowest BCUT2D eigenvalue weighted by Crippen LogP contribution is -2.30. The van der Waals surface area contributed by atoms with Crippen molar-refractivity contribution in [1.29, 1.82) is 0 Å². The molecule has 2 heterocycles. The number of rotatable bonds is 8. The van der Waals surface area contributed by atoms with E-state index in [-0.39, 0.29) is 5.91 Å². The Morgan fingerprint density at radius 2 is 2.41 bits per heavy atom. The molecule has 1 amide bonds. The topological polar surface area (TPSA) is 63.9 Å². The van der Waals surface area contributed by atoms with E-state index in [0.29, 0.717) is 30.4 Å². The van der Waals surface area contributed by atoms with E-state index in [0.717, 1.165) is 9.21 Å². The third kappa shape index (κ3) is 4.82. The predicted octanol–water partition coefficient (Wildman–Crippen LogP) is 2.62. The molecule has 2 aromatic rings. The number of nitrogens with zero attached hydrogens (tertiary/aromatic N) is 5. The number of carbonyl (C=O) groups excluding carboxylic acids is 1. The summed E-state index contributed by atoms with van der Waals surface area (Å²) in [5.41, 5.74) is 0. The Bertz CT molecular complexity index is 642. The minimum atomic E-state index is 0.0760. The van der Waals surface area contributed by atoms with E-state index in [2.05, 4.69) is 22.1 Å². The molecule has 22 heavy (non-hydrogen) atoms. The molecule has 118 valence electrons. The lowest BCUT2D eigenvalue weighted by atomic mass is 10.3. The van der Waals surface area contributed by atoms with Gasteiger partial charge in [-0.2, -0.15) is 0 Å². The summed E-state index contributed by atoms with van der Waals surface area (Å²) >= 11 is 8.87. The van der Waals surface area contributed by atoms with Gasteiger partial charge in [-0.1, -0.05) is 29.4 Å². The van der Waals surface area contributed by atoms with Crippen LogP contribution in [0.4, 0.5) is 0 Å². The van der Waals surface area contributed by atoms with Crippen molar-refractivity contribution in [3.8, 4) is 0 Å². The van der Waals surface area contributed by atoms with Crippen LogP contribution in [0.3, 0.4) is 0 Å². The second-order valence-corrected chi connectivity index (χ2v) is 7.31. The molecule has 9 heteroatoms. The number of thioether (sulfide) groups is 1. The molecular weight excluding hydrogens is 342 g/mol. The number of aromatic nitrogens is 4. The summed E-state index contributed by atoms with van der Waals surface area (Å²) in [6, 6.07) is 3.78. The van der Waals surface area contributed by atoms with Gasteiger partial charge in [0.05, 0.1) is 10.9 Å². The Labute approximate surface area is 142 Å². The highest BCUT2D eigenvalue weighted by Gasteiger charge is 2.14. The largest absolute Gasteiger partial charge is 0.334 e. The van der Waals surface area contributed by atoms with Crippen molar-refractivity contribution in [2.75, 3.05) is 12.3 Å². The van der Waals surface area contributed by atoms with Crippen LogP contribution in [0.25, 0.3) is 0 Å². The molecule has 0 aromatic carbocycles. The van der Waals surface area contributed by atoms with E-state index in [1.165, 1.54) is 23.1 Å². The fraction of sp³-hybridized carbons (Fsp3) is 0.385. The summed E-state index contributed by atoms with van der Waals surface area (Å²) in [6.07, 6.45) is 2.15.